The fraction of sp³-hybridized carbons (Fsp3) is 0.467. The number of likely N-dealkylation sites (N-methyl/N-ethyl adjacent to an activating group) is 1. The van der Waals surface area contributed by atoms with Crippen molar-refractivity contribution in [1.82, 2.24) is 14.0 Å². The van der Waals surface area contributed by atoms with Crippen molar-refractivity contribution in [3.63, 3.8) is 0 Å². The van der Waals surface area contributed by atoms with Crippen LogP contribution < -0.4 is 5.69 Å². The highest BCUT2D eigenvalue weighted by Gasteiger charge is 2.26. The fourth-order valence-corrected chi connectivity index (χ4v) is 3.62. The molecule has 0 amide bonds. The molecule has 1 aliphatic heterocycles. The third-order valence-corrected chi connectivity index (χ3v) is 4.97. The lowest BCUT2D eigenvalue weighted by Crippen LogP contribution is -2.27. The minimum Gasteiger partial charge on any atom is -0.465 e. The number of nitrogens with zero attached hydrogens (tertiary/aromatic N) is 3. The Kier molecular flexibility index (Phi) is 3.86. The van der Waals surface area contributed by atoms with Gasteiger partial charge in [-0.05, 0) is 48.1 Å². The lowest BCUT2D eigenvalue weighted by molar-refractivity contribution is 0.0600. The highest BCUT2D eigenvalue weighted by Crippen LogP contribution is 2.28. The van der Waals surface area contributed by atoms with Crippen LogP contribution in [0.4, 0.5) is 0 Å². The lowest BCUT2D eigenvalue weighted by Gasteiger charge is -2.13. The molecule has 1 aliphatic rings. The SMILES string of the molecule is COC(=O)c1cc2c(cc1Br)n(C)c(=O)n2C1CCN(C)C1. The summed E-state index contributed by atoms with van der Waals surface area (Å²) in [5.74, 6) is -0.417. The molecular weight excluding hydrogens is 350 g/mol. The van der Waals surface area contributed by atoms with Crippen LogP contribution in [0.3, 0.4) is 0 Å². The Bertz CT molecular complexity index is 808. The predicted molar refractivity (Wildman–Crippen MR) is 87.4 cm³/mol. The number of carbonyl (C=O) groups excluding carboxylic acids is 1. The number of methoxy groups -OCH3 is 1. The highest BCUT2D eigenvalue weighted by atomic mass is 79.9. The maximum absolute atomic E-state index is 12.6. The number of halogens is 1. The molecule has 1 aromatic carbocycles. The van der Waals surface area contributed by atoms with Crippen LogP contribution in [0.2, 0.25) is 0 Å². The molecule has 1 unspecified atom stereocenters. The van der Waals surface area contributed by atoms with Crippen molar-refractivity contribution in [2.45, 2.75) is 12.5 Å². The fourth-order valence-electron chi connectivity index (χ4n) is 3.12. The van der Waals surface area contributed by atoms with Gasteiger partial charge in [-0.15, -0.1) is 0 Å². The van der Waals surface area contributed by atoms with Crippen molar-refractivity contribution in [2.75, 3.05) is 27.2 Å². The van der Waals surface area contributed by atoms with Gasteiger partial charge in [-0.25, -0.2) is 9.59 Å². The molecular formula is C15H18BrN3O3. The molecule has 3 rings (SSSR count). The number of aryl methyl sites for hydroxylation is 1. The smallest absolute Gasteiger partial charge is 0.339 e. The Labute approximate surface area is 136 Å². The maximum atomic E-state index is 12.6. The van der Waals surface area contributed by atoms with E-state index in [1.54, 1.807) is 28.3 Å². The normalized spacial score (nSPS) is 19.0. The largest absolute Gasteiger partial charge is 0.465 e. The Balaban J connectivity index is 2.25. The van der Waals surface area contributed by atoms with Gasteiger partial charge in [-0.3, -0.25) is 9.13 Å². The first kappa shape index (κ1) is 15.3. The zero-order chi connectivity index (χ0) is 16.0. The number of hydrogen-bond acceptors (Lipinski definition) is 4. The summed E-state index contributed by atoms with van der Waals surface area (Å²) in [4.78, 5) is 26.7. The predicted octanol–water partition coefficient (Wildman–Crippen LogP) is 1.77. The third-order valence-electron chi connectivity index (χ3n) is 4.32. The average Bonchev–Trinajstić information content (AvgIpc) is 3.01. The molecule has 2 aromatic rings. The summed E-state index contributed by atoms with van der Waals surface area (Å²) in [5, 5.41) is 0. The first-order chi connectivity index (χ1) is 10.4. The van der Waals surface area contributed by atoms with Crippen molar-refractivity contribution in [2.24, 2.45) is 7.05 Å². The Hall–Kier alpha value is -1.60. The van der Waals surface area contributed by atoms with Gasteiger partial charge in [0, 0.05) is 18.1 Å². The van der Waals surface area contributed by atoms with E-state index >= 15 is 0 Å². The number of rotatable bonds is 2. The van der Waals surface area contributed by atoms with Crippen LogP contribution in [-0.2, 0) is 11.8 Å². The molecule has 1 aromatic heterocycles. The summed E-state index contributed by atoms with van der Waals surface area (Å²) in [6.45, 7) is 1.80. The van der Waals surface area contributed by atoms with Crippen LogP contribution in [0.1, 0.15) is 22.8 Å². The molecule has 2 heterocycles. The summed E-state index contributed by atoms with van der Waals surface area (Å²) < 4.78 is 8.87. The molecule has 22 heavy (non-hydrogen) atoms. The summed E-state index contributed by atoms with van der Waals surface area (Å²) in [6.07, 6.45) is 0.930. The van der Waals surface area contributed by atoms with E-state index in [0.717, 1.165) is 30.5 Å². The van der Waals surface area contributed by atoms with Crippen LogP contribution >= 0.6 is 15.9 Å². The second kappa shape index (κ2) is 5.55. The standard InChI is InChI=1S/C15H18BrN3O3/c1-17-5-4-9(8-17)19-13-6-10(14(20)22-3)11(16)7-12(13)18(2)15(19)21/h6-7,9H,4-5,8H2,1-3H3. The minimum absolute atomic E-state index is 0.0517. The number of esters is 1. The number of benzene rings is 1. The van der Waals surface area contributed by atoms with Gasteiger partial charge in [0.15, 0.2) is 0 Å². The first-order valence-electron chi connectivity index (χ1n) is 7.11. The second-order valence-corrected chi connectivity index (χ2v) is 6.58. The van der Waals surface area contributed by atoms with Crippen LogP contribution in [-0.4, -0.2) is 47.3 Å². The topological polar surface area (TPSA) is 56.5 Å². The molecule has 0 saturated carbocycles. The molecule has 118 valence electrons. The Morgan fingerprint density at radius 1 is 1.32 bits per heavy atom. The molecule has 6 nitrogen and oxygen atoms in total. The van der Waals surface area contributed by atoms with Crippen LogP contribution in [0.5, 0.6) is 0 Å². The van der Waals surface area contributed by atoms with E-state index in [2.05, 4.69) is 20.8 Å². The van der Waals surface area contributed by atoms with E-state index in [1.807, 2.05) is 7.05 Å². The molecule has 7 heteroatoms. The minimum atomic E-state index is -0.417. The highest BCUT2D eigenvalue weighted by molar-refractivity contribution is 9.10. The Morgan fingerprint density at radius 3 is 2.64 bits per heavy atom. The maximum Gasteiger partial charge on any atom is 0.339 e. The van der Waals surface area contributed by atoms with Gasteiger partial charge in [0.1, 0.15) is 0 Å². The molecule has 0 spiro atoms. The number of ether oxygens (including phenoxy) is 1. The number of imidazole rings is 1. The van der Waals surface area contributed by atoms with Crippen LogP contribution in [0.15, 0.2) is 21.4 Å². The van der Waals surface area contributed by atoms with Gasteiger partial charge in [-0.1, -0.05) is 0 Å². The van der Waals surface area contributed by atoms with Crippen molar-refractivity contribution >= 4 is 32.9 Å². The summed E-state index contributed by atoms with van der Waals surface area (Å²) in [7, 11) is 5.15. The van der Waals surface area contributed by atoms with Gasteiger partial charge in [0.05, 0.1) is 29.7 Å². The van der Waals surface area contributed by atoms with E-state index in [9.17, 15) is 9.59 Å². The van der Waals surface area contributed by atoms with Gasteiger partial charge in [-0.2, -0.15) is 0 Å². The number of fused-ring (bicyclic) bond motifs is 1. The molecule has 0 radical (unpaired) electrons. The van der Waals surface area contributed by atoms with E-state index in [0.29, 0.717) is 10.0 Å². The summed E-state index contributed by atoms with van der Waals surface area (Å²) in [5.41, 5.74) is 1.96. The van der Waals surface area contributed by atoms with Crippen LogP contribution in [0.25, 0.3) is 11.0 Å². The zero-order valence-corrected chi connectivity index (χ0v) is 14.4. The first-order valence-corrected chi connectivity index (χ1v) is 7.90. The second-order valence-electron chi connectivity index (χ2n) is 5.73. The zero-order valence-electron chi connectivity index (χ0n) is 12.8. The molecule has 1 atom stereocenters. The quantitative estimate of drug-likeness (QED) is 0.759. The molecule has 0 N–H and O–H groups in total. The number of aromatic nitrogens is 2. The van der Waals surface area contributed by atoms with E-state index in [-0.39, 0.29) is 11.7 Å². The van der Waals surface area contributed by atoms with Crippen molar-refractivity contribution in [3.8, 4) is 0 Å². The van der Waals surface area contributed by atoms with Crippen LogP contribution in [0, 0.1) is 0 Å². The monoisotopic (exact) mass is 367 g/mol. The molecule has 1 fully saturated rings. The molecule has 0 bridgehead atoms. The van der Waals surface area contributed by atoms with E-state index < -0.39 is 5.97 Å². The van der Waals surface area contributed by atoms with Crippen molar-refractivity contribution < 1.29 is 9.53 Å². The summed E-state index contributed by atoms with van der Waals surface area (Å²) >= 11 is 3.39. The number of carbonyl (C=O) groups is 1. The van der Waals surface area contributed by atoms with E-state index in [4.69, 9.17) is 4.74 Å². The van der Waals surface area contributed by atoms with Gasteiger partial charge in [0.25, 0.3) is 0 Å². The summed E-state index contributed by atoms with van der Waals surface area (Å²) in [6, 6.07) is 3.68. The van der Waals surface area contributed by atoms with Crippen molar-refractivity contribution in [3.05, 3.63) is 32.7 Å². The number of likely N-dealkylation sites (tertiary alicyclic amines) is 1. The lowest BCUT2D eigenvalue weighted by atomic mass is 10.2. The van der Waals surface area contributed by atoms with Crippen molar-refractivity contribution in [1.29, 1.82) is 0 Å². The number of hydrogen-bond donors (Lipinski definition) is 0. The van der Waals surface area contributed by atoms with E-state index in [1.165, 1.54) is 7.11 Å². The van der Waals surface area contributed by atoms with Gasteiger partial charge in [0.2, 0.25) is 0 Å². The molecule has 1 saturated heterocycles. The van der Waals surface area contributed by atoms with Gasteiger partial charge >= 0.3 is 11.7 Å². The Morgan fingerprint density at radius 2 is 2.05 bits per heavy atom. The van der Waals surface area contributed by atoms with Gasteiger partial charge < -0.3 is 9.64 Å². The third kappa shape index (κ3) is 2.28. The average molecular weight is 368 g/mol. The molecule has 0 aliphatic carbocycles.